The van der Waals surface area contributed by atoms with Gasteiger partial charge in [0.05, 0.1) is 11.6 Å². The fraction of sp³-hybridized carbons (Fsp3) is 0.292. The summed E-state index contributed by atoms with van der Waals surface area (Å²) in [6.45, 7) is 4.83. The zero-order chi connectivity index (χ0) is 21.3. The summed E-state index contributed by atoms with van der Waals surface area (Å²) < 4.78 is 0. The topological polar surface area (TPSA) is 89.0 Å². The lowest BCUT2D eigenvalue weighted by Gasteiger charge is -2.34. The molecule has 1 unspecified atom stereocenters. The lowest BCUT2D eigenvalue weighted by atomic mass is 9.83. The molecular formula is C24H24N4O2. The summed E-state index contributed by atoms with van der Waals surface area (Å²) >= 11 is 0. The predicted molar refractivity (Wildman–Crippen MR) is 115 cm³/mol. The number of aromatic nitrogens is 1. The van der Waals surface area contributed by atoms with Crippen LogP contribution in [0.25, 0.3) is 10.9 Å². The number of amides is 2. The van der Waals surface area contributed by atoms with E-state index in [9.17, 15) is 14.9 Å². The number of fused-ring (bicyclic) bond motifs is 2. The van der Waals surface area contributed by atoms with Crippen molar-refractivity contribution in [2.24, 2.45) is 0 Å². The van der Waals surface area contributed by atoms with E-state index in [1.807, 2.05) is 35.4 Å². The summed E-state index contributed by atoms with van der Waals surface area (Å²) in [4.78, 5) is 28.6. The van der Waals surface area contributed by atoms with Crippen LogP contribution in [-0.2, 0) is 22.6 Å². The van der Waals surface area contributed by atoms with Gasteiger partial charge in [0.2, 0.25) is 11.8 Å². The molecular weight excluding hydrogens is 376 g/mol. The first kappa shape index (κ1) is 19.7. The van der Waals surface area contributed by atoms with E-state index < -0.39 is 0 Å². The van der Waals surface area contributed by atoms with E-state index in [0.717, 1.165) is 27.6 Å². The van der Waals surface area contributed by atoms with E-state index in [4.69, 9.17) is 0 Å². The summed E-state index contributed by atoms with van der Waals surface area (Å²) in [5.41, 5.74) is 5.99. The Balaban J connectivity index is 1.82. The quantitative estimate of drug-likeness (QED) is 0.705. The second kappa shape index (κ2) is 8.03. The number of aromatic amines is 1. The molecule has 1 aliphatic rings. The van der Waals surface area contributed by atoms with E-state index in [-0.39, 0.29) is 17.7 Å². The van der Waals surface area contributed by atoms with Crippen molar-refractivity contribution in [2.45, 2.75) is 32.7 Å². The summed E-state index contributed by atoms with van der Waals surface area (Å²) in [7, 11) is 0. The van der Waals surface area contributed by atoms with Crippen LogP contribution in [-0.4, -0.2) is 34.8 Å². The van der Waals surface area contributed by atoms with Gasteiger partial charge in [-0.05, 0) is 40.8 Å². The monoisotopic (exact) mass is 400 g/mol. The van der Waals surface area contributed by atoms with Gasteiger partial charge < -0.3 is 15.2 Å². The summed E-state index contributed by atoms with van der Waals surface area (Å²) in [5, 5.41) is 13.5. The lowest BCUT2D eigenvalue weighted by molar-refractivity contribution is -0.130. The van der Waals surface area contributed by atoms with Crippen molar-refractivity contribution in [1.82, 2.24) is 15.2 Å². The Labute approximate surface area is 175 Å². The minimum atomic E-state index is -0.0589. The molecule has 152 valence electrons. The van der Waals surface area contributed by atoms with Crippen molar-refractivity contribution in [3.8, 4) is 6.07 Å². The SMILES string of the molecule is CC(=O)NCCc1c[nH]c2c(C3CN(C(C)=O)Cc4ccccc43)cc(C#N)cc12. The average Bonchev–Trinajstić information content (AvgIpc) is 3.14. The minimum Gasteiger partial charge on any atom is -0.361 e. The number of carbonyl (C=O) groups excluding carboxylic acids is 2. The number of carbonyl (C=O) groups is 2. The first-order valence-electron chi connectivity index (χ1n) is 10.1. The average molecular weight is 400 g/mol. The number of nitriles is 1. The molecule has 0 saturated heterocycles. The molecule has 0 radical (unpaired) electrons. The van der Waals surface area contributed by atoms with Crippen LogP contribution < -0.4 is 5.32 Å². The third kappa shape index (κ3) is 3.67. The standard InChI is InChI=1S/C24H24N4O2/c1-15(29)26-8-7-18-12-27-24-21(18)9-17(11-25)10-22(24)23-14-28(16(2)30)13-19-5-3-4-6-20(19)23/h3-6,9-10,12,23,27H,7-8,13-14H2,1-2H3,(H,26,29). The van der Waals surface area contributed by atoms with E-state index in [1.165, 1.54) is 12.5 Å². The Morgan fingerprint density at radius 1 is 1.23 bits per heavy atom. The van der Waals surface area contributed by atoms with Crippen molar-refractivity contribution < 1.29 is 9.59 Å². The van der Waals surface area contributed by atoms with E-state index in [0.29, 0.717) is 31.6 Å². The van der Waals surface area contributed by atoms with Crippen LogP contribution in [0.2, 0.25) is 0 Å². The Morgan fingerprint density at radius 3 is 2.77 bits per heavy atom. The molecule has 2 heterocycles. The number of hydrogen-bond donors (Lipinski definition) is 2. The van der Waals surface area contributed by atoms with Crippen molar-refractivity contribution in [3.63, 3.8) is 0 Å². The van der Waals surface area contributed by atoms with Crippen LogP contribution in [0.4, 0.5) is 0 Å². The van der Waals surface area contributed by atoms with E-state index >= 15 is 0 Å². The maximum Gasteiger partial charge on any atom is 0.219 e. The molecule has 0 spiro atoms. The van der Waals surface area contributed by atoms with Crippen LogP contribution in [0.3, 0.4) is 0 Å². The van der Waals surface area contributed by atoms with Crippen LogP contribution in [0, 0.1) is 11.3 Å². The molecule has 6 heteroatoms. The first-order chi connectivity index (χ1) is 14.5. The van der Waals surface area contributed by atoms with Crippen LogP contribution in [0.5, 0.6) is 0 Å². The molecule has 0 saturated carbocycles. The molecule has 1 atom stereocenters. The van der Waals surface area contributed by atoms with Gasteiger partial charge >= 0.3 is 0 Å². The highest BCUT2D eigenvalue weighted by atomic mass is 16.2. The third-order valence-electron chi connectivity index (χ3n) is 5.82. The van der Waals surface area contributed by atoms with Gasteiger partial charge in [-0.3, -0.25) is 9.59 Å². The van der Waals surface area contributed by atoms with Crippen LogP contribution in [0.1, 0.15) is 47.6 Å². The zero-order valence-electron chi connectivity index (χ0n) is 17.2. The van der Waals surface area contributed by atoms with Gasteiger partial charge in [0, 0.05) is 56.5 Å². The zero-order valence-corrected chi connectivity index (χ0v) is 17.2. The van der Waals surface area contributed by atoms with Gasteiger partial charge in [-0.15, -0.1) is 0 Å². The smallest absolute Gasteiger partial charge is 0.219 e. The predicted octanol–water partition coefficient (Wildman–Crippen LogP) is 3.21. The number of nitrogens with one attached hydrogen (secondary N) is 2. The van der Waals surface area contributed by atoms with Gasteiger partial charge in [-0.1, -0.05) is 24.3 Å². The second-order valence-electron chi connectivity index (χ2n) is 7.80. The maximum atomic E-state index is 12.2. The van der Waals surface area contributed by atoms with Gasteiger partial charge in [0.15, 0.2) is 0 Å². The van der Waals surface area contributed by atoms with Gasteiger partial charge in [0.1, 0.15) is 0 Å². The highest BCUT2D eigenvalue weighted by Gasteiger charge is 2.29. The van der Waals surface area contributed by atoms with Crippen molar-refractivity contribution in [1.29, 1.82) is 5.26 Å². The van der Waals surface area contributed by atoms with E-state index in [2.05, 4.69) is 28.5 Å². The van der Waals surface area contributed by atoms with Crippen molar-refractivity contribution in [3.05, 3.63) is 70.4 Å². The minimum absolute atomic E-state index is 0.0171. The number of hydrogen-bond acceptors (Lipinski definition) is 3. The normalized spacial score (nSPS) is 15.5. The maximum absolute atomic E-state index is 12.2. The molecule has 6 nitrogen and oxygen atoms in total. The largest absolute Gasteiger partial charge is 0.361 e. The molecule has 30 heavy (non-hydrogen) atoms. The Morgan fingerprint density at radius 2 is 2.03 bits per heavy atom. The third-order valence-corrected chi connectivity index (χ3v) is 5.82. The summed E-state index contributed by atoms with van der Waals surface area (Å²) in [5.74, 6) is -0.0301. The molecule has 2 aromatic carbocycles. The molecule has 1 aromatic heterocycles. The summed E-state index contributed by atoms with van der Waals surface area (Å²) in [6.07, 6.45) is 2.63. The van der Waals surface area contributed by atoms with Crippen LogP contribution in [0.15, 0.2) is 42.6 Å². The fourth-order valence-corrected chi connectivity index (χ4v) is 4.35. The number of benzene rings is 2. The second-order valence-corrected chi connectivity index (χ2v) is 7.80. The Hall–Kier alpha value is -3.59. The Bertz CT molecular complexity index is 1170. The van der Waals surface area contributed by atoms with Crippen LogP contribution >= 0.6 is 0 Å². The van der Waals surface area contributed by atoms with Gasteiger partial charge in [0.25, 0.3) is 0 Å². The highest BCUT2D eigenvalue weighted by Crippen LogP contribution is 2.38. The van der Waals surface area contributed by atoms with Crippen molar-refractivity contribution in [2.75, 3.05) is 13.1 Å². The molecule has 2 N–H and O–H groups in total. The highest BCUT2D eigenvalue weighted by molar-refractivity contribution is 5.89. The number of rotatable bonds is 4. The van der Waals surface area contributed by atoms with E-state index in [1.54, 1.807) is 6.92 Å². The molecule has 2 amide bonds. The molecule has 1 aliphatic heterocycles. The molecule has 4 rings (SSSR count). The fourth-order valence-electron chi connectivity index (χ4n) is 4.35. The Kier molecular flexibility index (Phi) is 5.28. The number of nitrogens with zero attached hydrogens (tertiary/aromatic N) is 2. The van der Waals surface area contributed by atoms with Crippen molar-refractivity contribution >= 4 is 22.7 Å². The molecule has 0 fully saturated rings. The van der Waals surface area contributed by atoms with Gasteiger partial charge in [-0.2, -0.15) is 5.26 Å². The molecule has 0 bridgehead atoms. The summed E-state index contributed by atoms with van der Waals surface area (Å²) in [6, 6.07) is 14.3. The molecule has 3 aromatic rings. The number of H-pyrrole nitrogens is 1. The lowest BCUT2D eigenvalue weighted by Crippen LogP contribution is -2.37. The van der Waals surface area contributed by atoms with Gasteiger partial charge in [-0.25, -0.2) is 0 Å². The first-order valence-corrected chi connectivity index (χ1v) is 10.1. The molecule has 0 aliphatic carbocycles.